The molecule has 3 N–H and O–H groups in total. The maximum atomic E-state index is 12.0. The molecular weight excluding hydrogens is 288 g/mol. The van der Waals surface area contributed by atoms with E-state index >= 15 is 0 Å². The van der Waals surface area contributed by atoms with Gasteiger partial charge in [0.25, 0.3) is 0 Å². The van der Waals surface area contributed by atoms with Crippen LogP contribution in [0.1, 0.15) is 6.92 Å². The molecule has 0 aliphatic heterocycles. The second kappa shape index (κ2) is 6.07. The molecule has 0 aliphatic carbocycles. The molecule has 0 saturated heterocycles. The molecule has 19 heavy (non-hydrogen) atoms. The first-order valence-corrected chi connectivity index (χ1v) is 7.29. The SMILES string of the molecule is COc1cc(NS(=O)(=O)C(C)C(N)=S)cc(OC)c1. The second-order valence-electron chi connectivity index (χ2n) is 3.79. The Morgan fingerprint density at radius 2 is 1.74 bits per heavy atom. The van der Waals surface area contributed by atoms with Gasteiger partial charge in [-0.05, 0) is 6.92 Å². The average Bonchev–Trinajstić information content (AvgIpc) is 2.36. The second-order valence-corrected chi connectivity index (χ2v) is 6.27. The molecule has 1 aromatic rings. The number of hydrogen-bond acceptors (Lipinski definition) is 5. The predicted octanol–water partition coefficient (Wildman–Crippen LogP) is 1.12. The van der Waals surface area contributed by atoms with E-state index in [4.69, 9.17) is 15.2 Å². The first-order valence-electron chi connectivity index (χ1n) is 5.34. The van der Waals surface area contributed by atoms with E-state index in [0.29, 0.717) is 17.2 Å². The first-order chi connectivity index (χ1) is 8.80. The number of benzene rings is 1. The standard InChI is InChI=1S/C11H16N2O4S2/c1-7(11(12)18)19(14,15)13-8-4-9(16-2)6-10(5-8)17-3/h4-7,13H,1-3H3,(H2,12,18). The number of rotatable bonds is 6. The lowest BCUT2D eigenvalue weighted by molar-refractivity contribution is 0.395. The number of methoxy groups -OCH3 is 2. The lowest BCUT2D eigenvalue weighted by atomic mass is 10.3. The Morgan fingerprint density at radius 3 is 2.11 bits per heavy atom. The Balaban J connectivity index is 3.08. The van der Waals surface area contributed by atoms with Gasteiger partial charge in [-0.3, -0.25) is 4.72 Å². The van der Waals surface area contributed by atoms with Crippen LogP contribution in [0.5, 0.6) is 11.5 Å². The van der Waals surface area contributed by atoms with Crippen LogP contribution in [0, 0.1) is 0 Å². The van der Waals surface area contributed by atoms with Gasteiger partial charge in [0, 0.05) is 18.2 Å². The van der Waals surface area contributed by atoms with Crippen LogP contribution in [0.4, 0.5) is 5.69 Å². The fraction of sp³-hybridized carbons (Fsp3) is 0.364. The van der Waals surface area contributed by atoms with E-state index in [-0.39, 0.29) is 4.99 Å². The van der Waals surface area contributed by atoms with Gasteiger partial charge in [0.15, 0.2) is 0 Å². The zero-order chi connectivity index (χ0) is 14.6. The van der Waals surface area contributed by atoms with E-state index in [1.54, 1.807) is 6.07 Å². The van der Waals surface area contributed by atoms with Gasteiger partial charge < -0.3 is 15.2 Å². The van der Waals surface area contributed by atoms with Gasteiger partial charge in [0.2, 0.25) is 10.0 Å². The van der Waals surface area contributed by atoms with Crippen LogP contribution in [0.15, 0.2) is 18.2 Å². The summed E-state index contributed by atoms with van der Waals surface area (Å²) in [6.07, 6.45) is 0. The molecule has 1 unspecified atom stereocenters. The molecule has 0 aliphatic rings. The van der Waals surface area contributed by atoms with E-state index in [0.717, 1.165) is 0 Å². The summed E-state index contributed by atoms with van der Waals surface area (Å²) in [7, 11) is -0.736. The number of anilines is 1. The van der Waals surface area contributed by atoms with Crippen molar-refractivity contribution in [2.24, 2.45) is 5.73 Å². The highest BCUT2D eigenvalue weighted by Crippen LogP contribution is 2.26. The van der Waals surface area contributed by atoms with Crippen molar-refractivity contribution < 1.29 is 17.9 Å². The molecule has 1 rings (SSSR count). The summed E-state index contributed by atoms with van der Waals surface area (Å²) in [5, 5.41) is -0.973. The van der Waals surface area contributed by atoms with Crippen LogP contribution in [-0.4, -0.2) is 32.9 Å². The topological polar surface area (TPSA) is 90.7 Å². The summed E-state index contributed by atoms with van der Waals surface area (Å²) in [6, 6.07) is 4.70. The minimum absolute atomic E-state index is 0.0950. The minimum Gasteiger partial charge on any atom is -0.497 e. The monoisotopic (exact) mass is 304 g/mol. The smallest absolute Gasteiger partial charge is 0.241 e. The van der Waals surface area contributed by atoms with Crippen molar-refractivity contribution in [3.05, 3.63) is 18.2 Å². The van der Waals surface area contributed by atoms with Gasteiger partial charge in [0.1, 0.15) is 16.7 Å². The van der Waals surface area contributed by atoms with Crippen LogP contribution in [0.2, 0.25) is 0 Å². The van der Waals surface area contributed by atoms with Gasteiger partial charge in [0.05, 0.1) is 24.9 Å². The molecule has 0 saturated carbocycles. The molecule has 0 fully saturated rings. The van der Waals surface area contributed by atoms with E-state index in [1.807, 2.05) is 0 Å². The summed E-state index contributed by atoms with van der Waals surface area (Å²) < 4.78 is 36.5. The lowest BCUT2D eigenvalue weighted by Crippen LogP contribution is -2.35. The summed E-state index contributed by atoms with van der Waals surface area (Å²) in [4.78, 5) is -0.0950. The van der Waals surface area contributed by atoms with Crippen LogP contribution in [-0.2, 0) is 10.0 Å². The van der Waals surface area contributed by atoms with Crippen molar-refractivity contribution >= 4 is 32.9 Å². The molecule has 106 valence electrons. The Hall–Kier alpha value is -1.54. The third-order valence-corrected chi connectivity index (χ3v) is 4.69. The predicted molar refractivity (Wildman–Crippen MR) is 78.3 cm³/mol. The summed E-state index contributed by atoms with van der Waals surface area (Å²) in [6.45, 7) is 1.42. The quantitative estimate of drug-likeness (QED) is 0.765. The fourth-order valence-corrected chi connectivity index (χ4v) is 2.58. The summed E-state index contributed by atoms with van der Waals surface area (Å²) in [5.74, 6) is 0.944. The number of thiocarbonyl (C=S) groups is 1. The fourth-order valence-electron chi connectivity index (χ4n) is 1.27. The van der Waals surface area contributed by atoms with Crippen LogP contribution < -0.4 is 19.9 Å². The van der Waals surface area contributed by atoms with Crippen LogP contribution >= 0.6 is 12.2 Å². The van der Waals surface area contributed by atoms with Gasteiger partial charge in [-0.2, -0.15) is 0 Å². The number of nitrogens with one attached hydrogen (secondary N) is 1. The number of nitrogens with two attached hydrogens (primary N) is 1. The normalized spacial score (nSPS) is 12.6. The third-order valence-electron chi connectivity index (χ3n) is 2.48. The average molecular weight is 304 g/mol. The number of ether oxygens (including phenoxy) is 2. The molecule has 6 nitrogen and oxygen atoms in total. The van der Waals surface area contributed by atoms with Crippen molar-refractivity contribution in [1.82, 2.24) is 0 Å². The Kier molecular flexibility index (Phi) is 4.96. The first kappa shape index (κ1) is 15.5. The Labute approximate surface area is 117 Å². The van der Waals surface area contributed by atoms with Crippen molar-refractivity contribution in [2.45, 2.75) is 12.2 Å². The van der Waals surface area contributed by atoms with Gasteiger partial charge >= 0.3 is 0 Å². The lowest BCUT2D eigenvalue weighted by Gasteiger charge is -2.15. The van der Waals surface area contributed by atoms with Crippen molar-refractivity contribution in [1.29, 1.82) is 0 Å². The van der Waals surface area contributed by atoms with E-state index in [1.165, 1.54) is 33.3 Å². The Morgan fingerprint density at radius 1 is 1.26 bits per heavy atom. The van der Waals surface area contributed by atoms with E-state index in [9.17, 15) is 8.42 Å². The molecule has 0 amide bonds. The molecular formula is C11H16N2O4S2. The van der Waals surface area contributed by atoms with Gasteiger partial charge in [-0.25, -0.2) is 8.42 Å². The van der Waals surface area contributed by atoms with Crippen LogP contribution in [0.25, 0.3) is 0 Å². The van der Waals surface area contributed by atoms with Crippen molar-refractivity contribution in [3.63, 3.8) is 0 Å². The molecule has 8 heteroatoms. The highest BCUT2D eigenvalue weighted by atomic mass is 32.2. The zero-order valence-electron chi connectivity index (χ0n) is 10.8. The zero-order valence-corrected chi connectivity index (χ0v) is 12.5. The van der Waals surface area contributed by atoms with Gasteiger partial charge in [-0.15, -0.1) is 0 Å². The molecule has 0 radical (unpaired) electrons. The molecule has 1 atom stereocenters. The van der Waals surface area contributed by atoms with Crippen molar-refractivity contribution in [3.8, 4) is 11.5 Å². The molecule has 0 aromatic heterocycles. The number of hydrogen-bond donors (Lipinski definition) is 2. The third kappa shape index (κ3) is 3.97. The Bertz CT molecular complexity index is 550. The van der Waals surface area contributed by atoms with E-state index in [2.05, 4.69) is 16.9 Å². The van der Waals surface area contributed by atoms with Gasteiger partial charge in [-0.1, -0.05) is 12.2 Å². The highest BCUT2D eigenvalue weighted by Gasteiger charge is 2.23. The van der Waals surface area contributed by atoms with E-state index < -0.39 is 15.3 Å². The molecule has 1 aromatic carbocycles. The largest absolute Gasteiger partial charge is 0.497 e. The van der Waals surface area contributed by atoms with Crippen LogP contribution in [0.3, 0.4) is 0 Å². The highest BCUT2D eigenvalue weighted by molar-refractivity contribution is 7.95. The van der Waals surface area contributed by atoms with Crippen molar-refractivity contribution in [2.75, 3.05) is 18.9 Å². The maximum Gasteiger partial charge on any atom is 0.241 e. The minimum atomic E-state index is -3.69. The summed E-state index contributed by atoms with van der Waals surface area (Å²) >= 11 is 4.69. The maximum absolute atomic E-state index is 12.0. The summed E-state index contributed by atoms with van der Waals surface area (Å²) in [5.41, 5.74) is 5.67. The molecule has 0 heterocycles. The molecule has 0 spiro atoms. The number of sulfonamides is 1. The molecule has 0 bridgehead atoms.